The second-order valence-corrected chi connectivity index (χ2v) is 3.39. The predicted octanol–water partition coefficient (Wildman–Crippen LogP) is 1.19. The van der Waals surface area contributed by atoms with Crippen molar-refractivity contribution in [2.24, 2.45) is 5.18 Å². The fourth-order valence-electron chi connectivity index (χ4n) is 1.34. The van der Waals surface area contributed by atoms with Crippen molar-refractivity contribution in [3.63, 3.8) is 0 Å². The number of aromatic nitrogens is 4. The van der Waals surface area contributed by atoms with E-state index in [0.29, 0.717) is 18.4 Å². The molecule has 1 N–H and O–H groups in total. The van der Waals surface area contributed by atoms with Crippen LogP contribution in [0.1, 0.15) is 0 Å². The van der Waals surface area contributed by atoms with Gasteiger partial charge in [-0.3, -0.25) is 4.68 Å². The minimum atomic E-state index is 0.191. The fraction of sp³-hybridized carbons (Fsp3) is 0.300. The molecule has 8 heteroatoms. The van der Waals surface area contributed by atoms with E-state index < -0.39 is 0 Å². The van der Waals surface area contributed by atoms with E-state index in [-0.39, 0.29) is 6.54 Å². The lowest BCUT2D eigenvalue weighted by molar-refractivity contribution is 0.397. The first-order valence-corrected chi connectivity index (χ1v) is 5.27. The third-order valence-corrected chi connectivity index (χ3v) is 2.15. The van der Waals surface area contributed by atoms with Gasteiger partial charge < -0.3 is 10.1 Å². The van der Waals surface area contributed by atoms with E-state index in [1.54, 1.807) is 29.3 Å². The first-order chi connectivity index (χ1) is 8.81. The van der Waals surface area contributed by atoms with Crippen molar-refractivity contribution < 1.29 is 4.74 Å². The number of hydrogen-bond acceptors (Lipinski definition) is 7. The number of ether oxygens (including phenoxy) is 1. The molecule has 2 heterocycles. The Labute approximate surface area is 103 Å². The molecular formula is C10H12N6O2. The summed E-state index contributed by atoms with van der Waals surface area (Å²) in [4.78, 5) is 18.2. The molecule has 0 saturated heterocycles. The molecule has 0 aromatic carbocycles. The number of nitrogens with one attached hydrogen (secondary N) is 1. The van der Waals surface area contributed by atoms with Gasteiger partial charge in [-0.1, -0.05) is 5.18 Å². The van der Waals surface area contributed by atoms with Crippen molar-refractivity contribution in [3.05, 3.63) is 29.6 Å². The summed E-state index contributed by atoms with van der Waals surface area (Å²) in [5.74, 6) is 0.896. The smallest absolute Gasteiger partial charge is 0.230 e. The molecule has 2 aromatic heterocycles. The molecule has 0 aliphatic rings. The Balaban J connectivity index is 2.03. The van der Waals surface area contributed by atoms with E-state index >= 15 is 0 Å². The number of rotatable bonds is 6. The minimum Gasteiger partial charge on any atom is -0.481 e. The molecule has 0 aliphatic heterocycles. The predicted molar refractivity (Wildman–Crippen MR) is 64.8 cm³/mol. The third-order valence-electron chi connectivity index (χ3n) is 2.15. The average molecular weight is 248 g/mol. The van der Waals surface area contributed by atoms with Gasteiger partial charge >= 0.3 is 0 Å². The molecule has 0 bridgehead atoms. The van der Waals surface area contributed by atoms with Crippen molar-refractivity contribution in [2.45, 2.75) is 6.54 Å². The van der Waals surface area contributed by atoms with E-state index in [1.807, 2.05) is 0 Å². The van der Waals surface area contributed by atoms with Crippen LogP contribution in [0.2, 0.25) is 0 Å². The number of hydrogen-bond donors (Lipinski definition) is 1. The Bertz CT molecular complexity index is 527. The first-order valence-electron chi connectivity index (χ1n) is 5.27. The molecule has 0 saturated carbocycles. The summed E-state index contributed by atoms with van der Waals surface area (Å²) in [6, 6.07) is 1.66. The van der Waals surface area contributed by atoms with E-state index in [2.05, 4.69) is 25.6 Å². The Hall–Kier alpha value is -2.51. The van der Waals surface area contributed by atoms with Crippen LogP contribution in [0.15, 0.2) is 29.8 Å². The molecule has 0 radical (unpaired) electrons. The van der Waals surface area contributed by atoms with Crippen LogP contribution in [-0.2, 0) is 6.54 Å². The van der Waals surface area contributed by atoms with Gasteiger partial charge in [0.1, 0.15) is 6.54 Å². The minimum absolute atomic E-state index is 0.191. The maximum atomic E-state index is 10.0. The molecule has 0 aliphatic carbocycles. The van der Waals surface area contributed by atoms with Gasteiger partial charge in [0, 0.05) is 18.5 Å². The second-order valence-electron chi connectivity index (χ2n) is 3.39. The summed E-state index contributed by atoms with van der Waals surface area (Å²) in [6.45, 7) is 0.640. The van der Waals surface area contributed by atoms with Gasteiger partial charge in [-0.25, -0.2) is 4.98 Å². The Kier molecular flexibility index (Phi) is 3.79. The van der Waals surface area contributed by atoms with Crippen molar-refractivity contribution >= 4 is 11.6 Å². The molecule has 8 nitrogen and oxygen atoms in total. The van der Waals surface area contributed by atoms with Gasteiger partial charge in [0.05, 0.1) is 25.5 Å². The fourth-order valence-corrected chi connectivity index (χ4v) is 1.34. The first kappa shape index (κ1) is 12.0. The summed E-state index contributed by atoms with van der Waals surface area (Å²) in [6.07, 6.45) is 4.95. The van der Waals surface area contributed by atoms with Gasteiger partial charge in [0.15, 0.2) is 0 Å². The van der Waals surface area contributed by atoms with Gasteiger partial charge in [0.25, 0.3) is 0 Å². The lowest BCUT2D eigenvalue weighted by Crippen LogP contribution is -2.01. The zero-order chi connectivity index (χ0) is 12.8. The maximum absolute atomic E-state index is 10.0. The molecule has 94 valence electrons. The van der Waals surface area contributed by atoms with Crippen LogP contribution >= 0.6 is 0 Å². The highest BCUT2D eigenvalue weighted by molar-refractivity contribution is 5.50. The summed E-state index contributed by atoms with van der Waals surface area (Å²) >= 11 is 0. The molecule has 0 spiro atoms. The van der Waals surface area contributed by atoms with Crippen LogP contribution in [0.5, 0.6) is 5.88 Å². The lowest BCUT2D eigenvalue weighted by atomic mass is 10.5. The average Bonchev–Trinajstić information content (AvgIpc) is 2.84. The lowest BCUT2D eigenvalue weighted by Gasteiger charge is -2.02. The summed E-state index contributed by atoms with van der Waals surface area (Å²) < 4.78 is 6.61. The molecule has 0 amide bonds. The largest absolute Gasteiger partial charge is 0.481 e. The summed E-state index contributed by atoms with van der Waals surface area (Å²) in [7, 11) is 1.54. The normalized spacial score (nSPS) is 10.1. The van der Waals surface area contributed by atoms with Crippen LogP contribution in [-0.4, -0.2) is 33.4 Å². The quantitative estimate of drug-likeness (QED) is 0.771. The van der Waals surface area contributed by atoms with Gasteiger partial charge in [0.2, 0.25) is 11.8 Å². The van der Waals surface area contributed by atoms with Crippen molar-refractivity contribution in [3.8, 4) is 5.88 Å². The van der Waals surface area contributed by atoms with Gasteiger partial charge in [-0.15, -0.1) is 0 Å². The Morgan fingerprint density at radius 1 is 1.56 bits per heavy atom. The summed E-state index contributed by atoms with van der Waals surface area (Å²) in [5, 5.41) is 9.82. The number of nitrogens with zero attached hydrogens (tertiary/aromatic N) is 5. The van der Waals surface area contributed by atoms with Crippen LogP contribution in [0.3, 0.4) is 0 Å². The zero-order valence-electron chi connectivity index (χ0n) is 9.78. The van der Waals surface area contributed by atoms with Gasteiger partial charge in [-0.2, -0.15) is 15.0 Å². The number of nitroso groups, excluding NO2 is 1. The van der Waals surface area contributed by atoms with E-state index in [4.69, 9.17) is 4.74 Å². The number of anilines is 2. The topological polar surface area (TPSA) is 94.3 Å². The highest BCUT2D eigenvalue weighted by Gasteiger charge is 2.02. The molecular weight excluding hydrogens is 236 g/mol. The van der Waals surface area contributed by atoms with E-state index in [9.17, 15) is 4.91 Å². The third kappa shape index (κ3) is 3.00. The maximum Gasteiger partial charge on any atom is 0.230 e. The molecule has 0 fully saturated rings. The second kappa shape index (κ2) is 5.71. The highest BCUT2D eigenvalue weighted by atomic mass is 16.5. The molecule has 2 rings (SSSR count). The molecule has 0 atom stereocenters. The van der Waals surface area contributed by atoms with Crippen LogP contribution < -0.4 is 10.1 Å². The van der Waals surface area contributed by atoms with E-state index in [0.717, 1.165) is 5.69 Å². The van der Waals surface area contributed by atoms with Gasteiger partial charge in [-0.05, 0) is 0 Å². The molecule has 0 unspecified atom stereocenters. The van der Waals surface area contributed by atoms with Crippen molar-refractivity contribution in [1.82, 2.24) is 19.7 Å². The van der Waals surface area contributed by atoms with Crippen LogP contribution in [0, 0.1) is 4.91 Å². The van der Waals surface area contributed by atoms with Crippen LogP contribution in [0.25, 0.3) is 0 Å². The Morgan fingerprint density at radius 2 is 2.44 bits per heavy atom. The molecule has 2 aromatic rings. The molecule has 18 heavy (non-hydrogen) atoms. The Morgan fingerprint density at radius 3 is 3.22 bits per heavy atom. The summed E-state index contributed by atoms with van der Waals surface area (Å²) in [5.41, 5.74) is 0.731. The zero-order valence-corrected chi connectivity index (χ0v) is 9.78. The highest BCUT2D eigenvalue weighted by Crippen LogP contribution is 2.13. The SMILES string of the molecule is COc1ccnc(Nc2cnn(CCN=O)c2)n1. The van der Waals surface area contributed by atoms with E-state index in [1.165, 1.54) is 7.11 Å². The van der Waals surface area contributed by atoms with Crippen LogP contribution in [0.4, 0.5) is 11.6 Å². The standard InChI is InChI=1S/C10H12N6O2/c1-18-9-2-3-11-10(15-9)14-8-6-12-16(7-8)5-4-13-17/h2-3,6-7H,4-5H2,1H3,(H,11,14,15). The monoisotopic (exact) mass is 248 g/mol. The number of methoxy groups -OCH3 is 1. The van der Waals surface area contributed by atoms with Crippen molar-refractivity contribution in [2.75, 3.05) is 19.0 Å². The van der Waals surface area contributed by atoms with Crippen molar-refractivity contribution in [1.29, 1.82) is 0 Å².